The van der Waals surface area contributed by atoms with Crippen molar-refractivity contribution in [3.8, 4) is 10.6 Å². The van der Waals surface area contributed by atoms with Gasteiger partial charge in [0.25, 0.3) is 0 Å². The number of hydrogen-bond acceptors (Lipinski definition) is 5. The molecule has 44 heavy (non-hydrogen) atoms. The third kappa shape index (κ3) is 4.31. The minimum absolute atomic E-state index is 0.211. The molecule has 2 aliphatic carbocycles. The van der Waals surface area contributed by atoms with Gasteiger partial charge in [0.05, 0.1) is 28.0 Å². The van der Waals surface area contributed by atoms with E-state index in [2.05, 4.69) is 49.6 Å². The molecule has 7 rings (SSSR count). The Kier molecular flexibility index (Phi) is 6.64. The average molecular weight is 591 g/mol. The number of aromatic nitrogens is 1. The Bertz CT molecular complexity index is 2050. The summed E-state index contributed by atoms with van der Waals surface area (Å²) in [6, 6.07) is 26.0. The SMILES string of the molecule is C=C/C(=C\C=C/C)N(c1ccccc1)c1cnc2c(c1)C(C)(C)c1cc(C=C3C(=O)c4cc5ccccc5cc4C3=O)sc1-2. The van der Waals surface area contributed by atoms with Gasteiger partial charge in [0.15, 0.2) is 11.6 Å². The van der Waals surface area contributed by atoms with E-state index in [0.717, 1.165) is 54.4 Å². The van der Waals surface area contributed by atoms with E-state index in [9.17, 15) is 9.59 Å². The first kappa shape index (κ1) is 27.7. The fourth-order valence-corrected chi connectivity index (χ4v) is 7.51. The summed E-state index contributed by atoms with van der Waals surface area (Å²) in [7, 11) is 0. The first-order chi connectivity index (χ1) is 21.3. The van der Waals surface area contributed by atoms with Crippen LogP contribution in [0.1, 0.15) is 57.5 Å². The molecule has 0 amide bonds. The highest BCUT2D eigenvalue weighted by Gasteiger charge is 2.40. The number of thiophene rings is 1. The second kappa shape index (κ2) is 10.5. The van der Waals surface area contributed by atoms with Gasteiger partial charge in [-0.25, -0.2) is 0 Å². The lowest BCUT2D eigenvalue weighted by atomic mass is 9.83. The summed E-state index contributed by atoms with van der Waals surface area (Å²) >= 11 is 1.58. The summed E-state index contributed by atoms with van der Waals surface area (Å²) in [5.74, 6) is -0.423. The Morgan fingerprint density at radius 2 is 1.52 bits per heavy atom. The molecule has 0 aliphatic heterocycles. The maximum Gasteiger partial charge on any atom is 0.197 e. The lowest BCUT2D eigenvalue weighted by Crippen LogP contribution is -2.18. The molecule has 3 aromatic carbocycles. The summed E-state index contributed by atoms with van der Waals surface area (Å²) in [6.45, 7) is 10.5. The van der Waals surface area contributed by atoms with Crippen LogP contribution < -0.4 is 4.90 Å². The molecule has 0 unspecified atom stereocenters. The van der Waals surface area contributed by atoms with Crippen molar-refractivity contribution in [2.45, 2.75) is 26.2 Å². The summed E-state index contributed by atoms with van der Waals surface area (Å²) in [5.41, 5.74) is 6.99. The summed E-state index contributed by atoms with van der Waals surface area (Å²) in [5, 5.41) is 1.91. The van der Waals surface area contributed by atoms with Crippen LogP contribution in [0, 0.1) is 0 Å². The Labute approximate surface area is 261 Å². The van der Waals surface area contributed by atoms with Gasteiger partial charge in [-0.1, -0.05) is 75.0 Å². The van der Waals surface area contributed by atoms with Crippen LogP contribution in [0.15, 0.2) is 127 Å². The van der Waals surface area contributed by atoms with Gasteiger partial charge in [-0.15, -0.1) is 11.3 Å². The molecular formula is C39H30N2O2S. The predicted octanol–water partition coefficient (Wildman–Crippen LogP) is 9.85. The molecule has 5 aromatic rings. The number of fused-ring (bicyclic) bond motifs is 5. The zero-order chi connectivity index (χ0) is 30.6. The van der Waals surface area contributed by atoms with Crippen LogP contribution in [0.5, 0.6) is 0 Å². The van der Waals surface area contributed by atoms with Crippen molar-refractivity contribution in [1.29, 1.82) is 0 Å². The molecule has 5 heteroatoms. The van der Waals surface area contributed by atoms with Gasteiger partial charge >= 0.3 is 0 Å². The van der Waals surface area contributed by atoms with Gasteiger partial charge in [-0.2, -0.15) is 0 Å². The van der Waals surface area contributed by atoms with Gasteiger partial charge in [-0.3, -0.25) is 14.6 Å². The van der Waals surface area contributed by atoms with E-state index in [1.165, 1.54) is 0 Å². The van der Waals surface area contributed by atoms with Crippen LogP contribution >= 0.6 is 11.3 Å². The predicted molar refractivity (Wildman–Crippen MR) is 182 cm³/mol. The van der Waals surface area contributed by atoms with Gasteiger partial charge in [0.2, 0.25) is 0 Å². The van der Waals surface area contributed by atoms with Crippen LogP contribution in [0.2, 0.25) is 0 Å². The van der Waals surface area contributed by atoms with Gasteiger partial charge in [0, 0.05) is 32.8 Å². The number of hydrogen-bond donors (Lipinski definition) is 0. The van der Waals surface area contributed by atoms with Gasteiger partial charge < -0.3 is 4.90 Å². The van der Waals surface area contributed by atoms with E-state index in [1.807, 2.05) is 92.0 Å². The summed E-state index contributed by atoms with van der Waals surface area (Å²) in [4.78, 5) is 35.9. The minimum atomic E-state index is -0.324. The van der Waals surface area contributed by atoms with E-state index >= 15 is 0 Å². The van der Waals surface area contributed by atoms with E-state index < -0.39 is 0 Å². The normalized spacial score (nSPS) is 15.1. The summed E-state index contributed by atoms with van der Waals surface area (Å²) in [6.07, 6.45) is 11.6. The molecule has 0 radical (unpaired) electrons. The maximum absolute atomic E-state index is 13.4. The smallest absolute Gasteiger partial charge is 0.197 e. The van der Waals surface area contributed by atoms with Crippen LogP contribution in [0.4, 0.5) is 11.4 Å². The van der Waals surface area contributed by atoms with Crippen molar-refractivity contribution in [3.05, 3.63) is 154 Å². The second-order valence-corrected chi connectivity index (χ2v) is 12.6. The average Bonchev–Trinajstić information content (AvgIpc) is 3.64. The summed E-state index contributed by atoms with van der Waals surface area (Å²) < 4.78 is 0. The van der Waals surface area contributed by atoms with Crippen molar-refractivity contribution in [2.75, 3.05) is 4.90 Å². The molecule has 0 saturated carbocycles. The zero-order valence-electron chi connectivity index (χ0n) is 24.8. The lowest BCUT2D eigenvalue weighted by molar-refractivity contribution is 0.0990. The van der Waals surface area contributed by atoms with Crippen molar-refractivity contribution in [1.82, 2.24) is 4.98 Å². The maximum atomic E-state index is 13.4. The molecule has 0 N–H and O–H groups in total. The molecule has 214 valence electrons. The zero-order valence-corrected chi connectivity index (χ0v) is 25.6. The van der Waals surface area contributed by atoms with E-state index in [4.69, 9.17) is 4.98 Å². The second-order valence-electron chi connectivity index (χ2n) is 11.6. The first-order valence-electron chi connectivity index (χ1n) is 14.6. The van der Waals surface area contributed by atoms with Gasteiger partial charge in [-0.05, 0) is 83.4 Å². The van der Waals surface area contributed by atoms with Crippen molar-refractivity contribution in [2.24, 2.45) is 0 Å². The molecule has 2 aliphatic rings. The fraction of sp³-hybridized carbons (Fsp3) is 0.103. The van der Waals surface area contributed by atoms with E-state index in [1.54, 1.807) is 17.4 Å². The molecule has 2 heterocycles. The molecule has 4 nitrogen and oxygen atoms in total. The number of pyridine rings is 1. The number of anilines is 2. The number of benzene rings is 3. The molecule has 0 spiro atoms. The van der Waals surface area contributed by atoms with Crippen LogP contribution in [0.3, 0.4) is 0 Å². The first-order valence-corrected chi connectivity index (χ1v) is 15.4. The fourth-order valence-electron chi connectivity index (χ4n) is 6.24. The quantitative estimate of drug-likeness (QED) is 0.112. The monoisotopic (exact) mass is 590 g/mol. The molecule has 2 aromatic heterocycles. The number of allylic oxidation sites excluding steroid dienone is 5. The number of ketones is 2. The lowest BCUT2D eigenvalue weighted by Gasteiger charge is -2.28. The van der Waals surface area contributed by atoms with E-state index in [0.29, 0.717) is 11.1 Å². The Morgan fingerprint density at radius 3 is 2.16 bits per heavy atom. The third-order valence-electron chi connectivity index (χ3n) is 8.54. The van der Waals surface area contributed by atoms with Crippen LogP contribution in [-0.2, 0) is 5.41 Å². The van der Waals surface area contributed by atoms with Crippen molar-refractivity contribution < 1.29 is 9.59 Å². The van der Waals surface area contributed by atoms with Crippen molar-refractivity contribution in [3.63, 3.8) is 0 Å². The minimum Gasteiger partial charge on any atom is -0.309 e. The van der Waals surface area contributed by atoms with E-state index in [-0.39, 0.29) is 22.6 Å². The topological polar surface area (TPSA) is 50.3 Å². The standard InChI is InChI=1S/C39H30N2O2S/c1-5-7-15-26(6-2)41(27-16-9-8-10-17-27)28-20-33-35(40-23-28)38-34(39(33,3)4)22-29(44-38)21-32-36(42)30-18-24-13-11-12-14-25(24)19-31(30)37(32)43/h5-23H,2H2,1,3-4H3/b7-5-,26-15+. The molecular weight excluding hydrogens is 561 g/mol. The highest BCUT2D eigenvalue weighted by Crippen LogP contribution is 2.53. The third-order valence-corrected chi connectivity index (χ3v) is 9.63. The number of carbonyl (C=O) groups excluding carboxylic acids is 2. The number of nitrogens with zero attached hydrogens (tertiary/aromatic N) is 2. The Hall–Kier alpha value is -5.13. The number of rotatable bonds is 6. The Morgan fingerprint density at radius 1 is 0.864 bits per heavy atom. The number of carbonyl (C=O) groups is 2. The van der Waals surface area contributed by atoms with Crippen LogP contribution in [0.25, 0.3) is 27.4 Å². The molecule has 0 saturated heterocycles. The van der Waals surface area contributed by atoms with Gasteiger partial charge in [0.1, 0.15) is 0 Å². The Balaban J connectivity index is 1.28. The highest BCUT2D eigenvalue weighted by atomic mass is 32.1. The molecule has 0 atom stereocenters. The van der Waals surface area contributed by atoms with Crippen LogP contribution in [-0.4, -0.2) is 16.6 Å². The van der Waals surface area contributed by atoms with Crippen molar-refractivity contribution >= 4 is 51.1 Å². The highest BCUT2D eigenvalue weighted by molar-refractivity contribution is 7.16. The molecule has 0 fully saturated rings. The number of para-hydroxylation sites is 1. The molecule has 0 bridgehead atoms. The number of Topliss-reactive ketones (excluding diaryl/α,β-unsaturated/α-hetero) is 2. The largest absolute Gasteiger partial charge is 0.309 e.